The zero-order valence-electron chi connectivity index (χ0n) is 11.9. The summed E-state index contributed by atoms with van der Waals surface area (Å²) in [5, 5.41) is 2.96. The van der Waals surface area contributed by atoms with Gasteiger partial charge in [0, 0.05) is 12.6 Å². The summed E-state index contributed by atoms with van der Waals surface area (Å²) in [6, 6.07) is 3.68. The highest BCUT2D eigenvalue weighted by Gasteiger charge is 2.14. The lowest BCUT2D eigenvalue weighted by Gasteiger charge is -2.14. The number of anilines is 1. The molecule has 0 amide bonds. The zero-order chi connectivity index (χ0) is 14.5. The second-order valence-electron chi connectivity index (χ2n) is 3.95. The monoisotopic (exact) mass is 275 g/mol. The van der Waals surface area contributed by atoms with Crippen LogP contribution in [0.5, 0.6) is 17.2 Å². The highest BCUT2D eigenvalue weighted by Crippen LogP contribution is 2.40. The molecule has 0 atom stereocenters. The normalized spacial score (nSPS) is 10.0. The third-order valence-corrected chi connectivity index (χ3v) is 2.85. The third-order valence-electron chi connectivity index (χ3n) is 2.85. The van der Waals surface area contributed by atoms with E-state index in [-0.39, 0.29) is 0 Å². The Morgan fingerprint density at radius 2 is 1.60 bits per heavy atom. The molecule has 0 bridgehead atoms. The van der Waals surface area contributed by atoms with Gasteiger partial charge in [-0.3, -0.25) is 4.98 Å². The molecule has 2 aromatic rings. The maximum atomic E-state index is 5.33. The van der Waals surface area contributed by atoms with Gasteiger partial charge in [0.05, 0.1) is 39.4 Å². The van der Waals surface area contributed by atoms with Crippen molar-refractivity contribution >= 4 is 5.82 Å². The third kappa shape index (κ3) is 2.59. The minimum Gasteiger partial charge on any atom is -0.493 e. The smallest absolute Gasteiger partial charge is 0.203 e. The molecule has 6 nitrogen and oxygen atoms in total. The summed E-state index contributed by atoms with van der Waals surface area (Å²) < 4.78 is 16.0. The van der Waals surface area contributed by atoms with Crippen molar-refractivity contribution in [2.45, 2.75) is 0 Å². The minimum atomic E-state index is 0.552. The van der Waals surface area contributed by atoms with Crippen molar-refractivity contribution < 1.29 is 14.2 Å². The van der Waals surface area contributed by atoms with E-state index in [0.29, 0.717) is 23.1 Å². The van der Waals surface area contributed by atoms with E-state index in [4.69, 9.17) is 14.2 Å². The fourth-order valence-corrected chi connectivity index (χ4v) is 1.85. The number of methoxy groups -OCH3 is 3. The molecular formula is C14H17N3O3. The van der Waals surface area contributed by atoms with Crippen LogP contribution in [0.1, 0.15) is 0 Å². The SMILES string of the molecule is CNc1cncc(-c2cc(OC)c(OC)c(OC)c2)n1. The molecule has 1 N–H and O–H groups in total. The Morgan fingerprint density at radius 1 is 0.950 bits per heavy atom. The van der Waals surface area contributed by atoms with Crippen LogP contribution in [0, 0.1) is 0 Å². The average Bonchev–Trinajstić information content (AvgIpc) is 2.53. The van der Waals surface area contributed by atoms with Crippen LogP contribution >= 0.6 is 0 Å². The van der Waals surface area contributed by atoms with Gasteiger partial charge in [-0.05, 0) is 12.1 Å². The van der Waals surface area contributed by atoms with Gasteiger partial charge in [-0.25, -0.2) is 4.98 Å². The molecule has 0 saturated heterocycles. The number of nitrogens with one attached hydrogen (secondary N) is 1. The molecule has 0 spiro atoms. The van der Waals surface area contributed by atoms with E-state index in [1.807, 2.05) is 12.1 Å². The molecule has 0 aliphatic heterocycles. The van der Waals surface area contributed by atoms with Crippen LogP contribution in [0.4, 0.5) is 5.82 Å². The first-order valence-corrected chi connectivity index (χ1v) is 6.03. The van der Waals surface area contributed by atoms with Crippen molar-refractivity contribution in [3.8, 4) is 28.5 Å². The summed E-state index contributed by atoms with van der Waals surface area (Å²) in [5.74, 6) is 2.41. The molecule has 0 aliphatic carbocycles. The van der Waals surface area contributed by atoms with Gasteiger partial charge in [-0.1, -0.05) is 0 Å². The van der Waals surface area contributed by atoms with Gasteiger partial charge in [0.1, 0.15) is 5.82 Å². The number of hydrogen-bond acceptors (Lipinski definition) is 6. The number of nitrogens with zero attached hydrogens (tertiary/aromatic N) is 2. The van der Waals surface area contributed by atoms with Crippen LogP contribution in [-0.4, -0.2) is 38.3 Å². The summed E-state index contributed by atoms with van der Waals surface area (Å²) in [5.41, 5.74) is 1.56. The van der Waals surface area contributed by atoms with Gasteiger partial charge in [0.15, 0.2) is 11.5 Å². The molecule has 0 radical (unpaired) electrons. The van der Waals surface area contributed by atoms with Gasteiger partial charge in [0.25, 0.3) is 0 Å². The average molecular weight is 275 g/mol. The van der Waals surface area contributed by atoms with E-state index in [9.17, 15) is 0 Å². The van der Waals surface area contributed by atoms with Crippen LogP contribution in [-0.2, 0) is 0 Å². The summed E-state index contributed by atoms with van der Waals surface area (Å²) in [6.45, 7) is 0. The van der Waals surface area contributed by atoms with E-state index in [1.165, 1.54) is 0 Å². The number of rotatable bonds is 5. The highest BCUT2D eigenvalue weighted by molar-refractivity contribution is 5.68. The van der Waals surface area contributed by atoms with Crippen LogP contribution in [0.2, 0.25) is 0 Å². The van der Waals surface area contributed by atoms with Gasteiger partial charge in [0.2, 0.25) is 5.75 Å². The van der Waals surface area contributed by atoms with E-state index < -0.39 is 0 Å². The molecule has 1 heterocycles. The fraction of sp³-hybridized carbons (Fsp3) is 0.286. The summed E-state index contributed by atoms with van der Waals surface area (Å²) in [4.78, 5) is 8.59. The van der Waals surface area contributed by atoms with Gasteiger partial charge in [-0.15, -0.1) is 0 Å². The van der Waals surface area contributed by atoms with Crippen molar-refractivity contribution in [1.29, 1.82) is 0 Å². The number of aromatic nitrogens is 2. The molecular weight excluding hydrogens is 258 g/mol. The lowest BCUT2D eigenvalue weighted by atomic mass is 10.1. The van der Waals surface area contributed by atoms with Crippen LogP contribution < -0.4 is 19.5 Å². The zero-order valence-corrected chi connectivity index (χ0v) is 11.9. The van der Waals surface area contributed by atoms with Crippen molar-refractivity contribution in [2.75, 3.05) is 33.7 Å². The fourth-order valence-electron chi connectivity index (χ4n) is 1.85. The predicted molar refractivity (Wildman–Crippen MR) is 76.7 cm³/mol. The van der Waals surface area contributed by atoms with Crippen LogP contribution in [0.3, 0.4) is 0 Å². The van der Waals surface area contributed by atoms with E-state index in [1.54, 1.807) is 40.8 Å². The van der Waals surface area contributed by atoms with Crippen molar-refractivity contribution in [1.82, 2.24) is 9.97 Å². The Morgan fingerprint density at radius 3 is 2.10 bits per heavy atom. The molecule has 1 aromatic heterocycles. The maximum absolute atomic E-state index is 5.33. The van der Waals surface area contributed by atoms with Crippen molar-refractivity contribution in [2.24, 2.45) is 0 Å². The van der Waals surface area contributed by atoms with E-state index in [2.05, 4.69) is 15.3 Å². The molecule has 106 valence electrons. The predicted octanol–water partition coefficient (Wildman–Crippen LogP) is 2.21. The Labute approximate surface area is 117 Å². The van der Waals surface area contributed by atoms with Gasteiger partial charge < -0.3 is 19.5 Å². The topological polar surface area (TPSA) is 65.5 Å². The number of ether oxygens (including phenoxy) is 3. The Bertz CT molecular complexity index is 577. The summed E-state index contributed by atoms with van der Waals surface area (Å²) in [6.07, 6.45) is 3.34. The highest BCUT2D eigenvalue weighted by atomic mass is 16.5. The van der Waals surface area contributed by atoms with E-state index in [0.717, 1.165) is 11.3 Å². The molecule has 2 rings (SSSR count). The van der Waals surface area contributed by atoms with E-state index >= 15 is 0 Å². The molecule has 6 heteroatoms. The first-order valence-electron chi connectivity index (χ1n) is 6.03. The Kier molecular flexibility index (Phi) is 4.24. The van der Waals surface area contributed by atoms with Gasteiger partial charge >= 0.3 is 0 Å². The molecule has 20 heavy (non-hydrogen) atoms. The molecule has 0 fully saturated rings. The first kappa shape index (κ1) is 13.9. The summed E-state index contributed by atoms with van der Waals surface area (Å²) in [7, 11) is 6.53. The van der Waals surface area contributed by atoms with Crippen LogP contribution in [0.15, 0.2) is 24.5 Å². The van der Waals surface area contributed by atoms with Gasteiger partial charge in [-0.2, -0.15) is 0 Å². The largest absolute Gasteiger partial charge is 0.493 e. The first-order chi connectivity index (χ1) is 9.73. The number of benzene rings is 1. The molecule has 0 unspecified atom stereocenters. The standard InChI is InChI=1S/C14H17N3O3/c1-15-13-8-16-7-10(17-13)9-5-11(18-2)14(20-4)12(6-9)19-3/h5-8H,1-4H3,(H,15,17). The molecule has 1 aromatic carbocycles. The second kappa shape index (κ2) is 6.10. The van der Waals surface area contributed by atoms with Crippen molar-refractivity contribution in [3.05, 3.63) is 24.5 Å². The molecule has 0 saturated carbocycles. The van der Waals surface area contributed by atoms with Crippen molar-refractivity contribution in [3.63, 3.8) is 0 Å². The Balaban J connectivity index is 2.56. The summed E-state index contributed by atoms with van der Waals surface area (Å²) >= 11 is 0. The lowest BCUT2D eigenvalue weighted by Crippen LogP contribution is -1.98. The molecule has 0 aliphatic rings. The van der Waals surface area contributed by atoms with Crippen LogP contribution in [0.25, 0.3) is 11.3 Å². The quantitative estimate of drug-likeness (QED) is 0.902. The minimum absolute atomic E-state index is 0.552. The Hall–Kier alpha value is -2.50. The second-order valence-corrected chi connectivity index (χ2v) is 3.95. The lowest BCUT2D eigenvalue weighted by molar-refractivity contribution is 0.324. The maximum Gasteiger partial charge on any atom is 0.203 e. The number of hydrogen-bond donors (Lipinski definition) is 1.